The van der Waals surface area contributed by atoms with Crippen LogP contribution in [0.25, 0.3) is 0 Å². The standard InChI is InChI=1S/C81H142O17P2/c1-5-9-13-17-21-25-29-33-36-37-40-43-46-50-54-58-62-66-79(84)92-71-76(97-80(85)67-63-59-55-51-47-41-32-28-24-20-16-12-8-4)73-95-99(87,88)93-69-75(82)70-94-100(89,90)96-74-77(98-81(86)68-64-60-56-52-48-44-39-35-31-27-23-19-15-11-7-3)72-91-78(83)65-61-57-53-49-45-42-38-34-30-26-22-18-14-10-6-2/h9,13,21-22,25-26,33-36,38-40,43,50,54,75-77,82H,5-8,10-12,14-20,23-24,27-32,37,41-42,44-49,51-53,55-74H2,1-4H3,(H,87,88)(H,89,90)/b13-9-,25-21-,26-22-,36-33-,38-34-,39-35-,43-40-,54-50-. The molecule has 578 valence electrons. The fourth-order valence-corrected chi connectivity index (χ4v) is 12.1. The lowest BCUT2D eigenvalue weighted by Crippen LogP contribution is -2.30. The largest absolute Gasteiger partial charge is 0.472 e. The molecule has 0 fully saturated rings. The Bertz CT molecular complexity index is 2270. The van der Waals surface area contributed by atoms with Crippen LogP contribution < -0.4 is 0 Å². The van der Waals surface area contributed by atoms with E-state index in [1.54, 1.807) is 0 Å². The highest BCUT2D eigenvalue weighted by atomic mass is 31.2. The number of carbonyl (C=O) groups excluding carboxylic acids is 4. The van der Waals surface area contributed by atoms with Crippen molar-refractivity contribution < 1.29 is 80.2 Å². The van der Waals surface area contributed by atoms with Crippen molar-refractivity contribution >= 4 is 39.5 Å². The van der Waals surface area contributed by atoms with E-state index in [2.05, 4.69) is 113 Å². The van der Waals surface area contributed by atoms with E-state index in [1.807, 2.05) is 12.2 Å². The molecule has 100 heavy (non-hydrogen) atoms. The number of carbonyl (C=O) groups is 4. The summed E-state index contributed by atoms with van der Waals surface area (Å²) in [6.45, 7) is 4.68. The third-order valence-electron chi connectivity index (χ3n) is 16.5. The van der Waals surface area contributed by atoms with Crippen molar-refractivity contribution in [3.63, 3.8) is 0 Å². The van der Waals surface area contributed by atoms with Gasteiger partial charge in [0.1, 0.15) is 19.3 Å². The van der Waals surface area contributed by atoms with Gasteiger partial charge in [-0.15, -0.1) is 0 Å². The maximum absolute atomic E-state index is 13.1. The van der Waals surface area contributed by atoms with Crippen LogP contribution in [0.2, 0.25) is 0 Å². The molecule has 0 aliphatic rings. The molecule has 0 radical (unpaired) electrons. The summed E-state index contributed by atoms with van der Waals surface area (Å²) in [5.74, 6) is -2.25. The highest BCUT2D eigenvalue weighted by molar-refractivity contribution is 7.47. The number of phosphoric acid groups is 2. The lowest BCUT2D eigenvalue weighted by molar-refractivity contribution is -0.161. The second-order valence-corrected chi connectivity index (χ2v) is 29.2. The predicted molar refractivity (Wildman–Crippen MR) is 409 cm³/mol. The quantitative estimate of drug-likeness (QED) is 0.0169. The van der Waals surface area contributed by atoms with Crippen molar-refractivity contribution in [3.8, 4) is 0 Å². The van der Waals surface area contributed by atoms with Crippen molar-refractivity contribution in [2.45, 2.75) is 354 Å². The maximum atomic E-state index is 13.1. The van der Waals surface area contributed by atoms with Gasteiger partial charge in [-0.1, -0.05) is 285 Å². The van der Waals surface area contributed by atoms with Gasteiger partial charge in [0.25, 0.3) is 0 Å². The van der Waals surface area contributed by atoms with Gasteiger partial charge in [-0.25, -0.2) is 9.13 Å². The van der Waals surface area contributed by atoms with Crippen LogP contribution >= 0.6 is 15.6 Å². The van der Waals surface area contributed by atoms with Crippen LogP contribution in [0.5, 0.6) is 0 Å². The molecule has 5 atom stereocenters. The van der Waals surface area contributed by atoms with Crippen LogP contribution in [0.1, 0.15) is 336 Å². The highest BCUT2D eigenvalue weighted by Gasteiger charge is 2.30. The first-order chi connectivity index (χ1) is 48.7. The normalized spacial score (nSPS) is 14.4. The zero-order valence-corrected chi connectivity index (χ0v) is 64.9. The van der Waals surface area contributed by atoms with Crippen LogP contribution in [0, 0.1) is 0 Å². The Kier molecular flexibility index (Phi) is 70.4. The van der Waals surface area contributed by atoms with Crippen LogP contribution in [0.4, 0.5) is 0 Å². The summed E-state index contributed by atoms with van der Waals surface area (Å²) >= 11 is 0. The molecule has 17 nitrogen and oxygen atoms in total. The summed E-state index contributed by atoms with van der Waals surface area (Å²) in [4.78, 5) is 72.9. The number of hydrogen-bond acceptors (Lipinski definition) is 15. The van der Waals surface area contributed by atoms with Gasteiger partial charge in [-0.2, -0.15) is 0 Å². The number of allylic oxidation sites excluding steroid dienone is 16. The SMILES string of the molecule is CC/C=C\C/C=C\C/C=C\C/C=C\C/C=C\CCCC(=O)OCC(COP(=O)(O)OCC(O)COP(=O)(O)OCC(COC(=O)CCCCCCC/C=C\C/C=C\CCCCC)OC(=O)CCCCCCC/C=C\CCCCCCCC)OC(=O)CCCCCCCCCCCCCCC. The molecule has 0 saturated carbocycles. The van der Waals surface area contributed by atoms with Crippen LogP contribution in [-0.2, 0) is 65.4 Å². The van der Waals surface area contributed by atoms with Crippen LogP contribution in [0.3, 0.4) is 0 Å². The van der Waals surface area contributed by atoms with E-state index in [1.165, 1.54) is 109 Å². The molecule has 0 bridgehead atoms. The van der Waals surface area contributed by atoms with Crippen molar-refractivity contribution in [2.75, 3.05) is 39.6 Å². The Labute approximate surface area is 607 Å². The number of hydrogen-bond donors (Lipinski definition) is 3. The third kappa shape index (κ3) is 72.3. The second kappa shape index (κ2) is 73.3. The molecule has 0 aromatic carbocycles. The summed E-state index contributed by atoms with van der Waals surface area (Å²) in [6.07, 6.45) is 76.8. The summed E-state index contributed by atoms with van der Waals surface area (Å²) in [6, 6.07) is 0. The van der Waals surface area contributed by atoms with E-state index in [-0.39, 0.29) is 25.7 Å². The number of ether oxygens (including phenoxy) is 4. The topological polar surface area (TPSA) is 237 Å². The van der Waals surface area contributed by atoms with E-state index >= 15 is 0 Å². The van der Waals surface area contributed by atoms with Gasteiger partial charge in [-0.3, -0.25) is 37.3 Å². The lowest BCUT2D eigenvalue weighted by Gasteiger charge is -2.21. The molecular weight excluding hydrogens is 1310 g/mol. The highest BCUT2D eigenvalue weighted by Crippen LogP contribution is 2.45. The summed E-state index contributed by atoms with van der Waals surface area (Å²) in [7, 11) is -9.97. The molecule has 19 heteroatoms. The van der Waals surface area contributed by atoms with Gasteiger partial charge in [0.15, 0.2) is 12.2 Å². The Hall–Kier alpha value is -4.02. The van der Waals surface area contributed by atoms with Gasteiger partial charge in [0.05, 0.1) is 26.4 Å². The zero-order chi connectivity index (χ0) is 73.2. The van der Waals surface area contributed by atoms with E-state index in [4.69, 9.17) is 37.0 Å². The number of unbranched alkanes of at least 4 members (excludes halogenated alkanes) is 32. The first-order valence-electron chi connectivity index (χ1n) is 39.5. The molecular formula is C81H142O17P2. The van der Waals surface area contributed by atoms with Gasteiger partial charge >= 0.3 is 39.5 Å². The minimum absolute atomic E-state index is 0.0821. The Balaban J connectivity index is 5.39. The number of aliphatic hydroxyl groups is 1. The predicted octanol–water partition coefficient (Wildman–Crippen LogP) is 22.8. The first-order valence-corrected chi connectivity index (χ1v) is 42.5. The van der Waals surface area contributed by atoms with Crippen molar-refractivity contribution in [2.24, 2.45) is 0 Å². The zero-order valence-electron chi connectivity index (χ0n) is 63.1. The van der Waals surface area contributed by atoms with Crippen LogP contribution in [0.15, 0.2) is 97.2 Å². The number of esters is 4. The third-order valence-corrected chi connectivity index (χ3v) is 18.4. The monoisotopic (exact) mass is 1450 g/mol. The molecule has 3 N–H and O–H groups in total. The van der Waals surface area contributed by atoms with E-state index in [9.17, 15) is 43.2 Å². The number of aliphatic hydroxyl groups excluding tert-OH is 1. The first kappa shape index (κ1) is 96.0. The van der Waals surface area contributed by atoms with Crippen molar-refractivity contribution in [3.05, 3.63) is 97.2 Å². The second-order valence-electron chi connectivity index (χ2n) is 26.3. The maximum Gasteiger partial charge on any atom is 0.472 e. The Morgan fingerprint density at radius 2 is 0.530 bits per heavy atom. The smallest absolute Gasteiger partial charge is 0.462 e. The van der Waals surface area contributed by atoms with E-state index in [0.29, 0.717) is 32.1 Å². The Morgan fingerprint density at radius 1 is 0.290 bits per heavy atom. The molecule has 0 aromatic rings. The fraction of sp³-hybridized carbons (Fsp3) is 0.753. The Morgan fingerprint density at radius 3 is 0.870 bits per heavy atom. The van der Waals surface area contributed by atoms with Gasteiger partial charge in [0.2, 0.25) is 0 Å². The van der Waals surface area contributed by atoms with Crippen molar-refractivity contribution in [1.82, 2.24) is 0 Å². The fourth-order valence-electron chi connectivity index (χ4n) is 10.5. The number of rotatable bonds is 74. The molecule has 0 saturated heterocycles. The molecule has 0 heterocycles. The molecule has 0 aromatic heterocycles. The molecule has 0 aliphatic heterocycles. The molecule has 0 aliphatic carbocycles. The van der Waals surface area contributed by atoms with Crippen molar-refractivity contribution in [1.29, 1.82) is 0 Å². The van der Waals surface area contributed by atoms with Gasteiger partial charge < -0.3 is 33.8 Å². The molecule has 0 spiro atoms. The minimum atomic E-state index is -4.98. The van der Waals surface area contributed by atoms with Gasteiger partial charge in [-0.05, 0) is 122 Å². The number of phosphoric ester groups is 2. The lowest BCUT2D eigenvalue weighted by atomic mass is 10.0. The average Bonchev–Trinajstić information content (AvgIpc) is 0.965. The molecule has 0 rings (SSSR count). The molecule has 5 unspecified atom stereocenters. The summed E-state index contributed by atoms with van der Waals surface area (Å²) in [5, 5.41) is 10.6. The average molecular weight is 1450 g/mol. The minimum Gasteiger partial charge on any atom is -0.462 e. The van der Waals surface area contributed by atoms with Gasteiger partial charge in [0, 0.05) is 25.7 Å². The van der Waals surface area contributed by atoms with Crippen LogP contribution in [-0.4, -0.2) is 96.7 Å². The van der Waals surface area contributed by atoms with E-state index in [0.717, 1.165) is 141 Å². The summed E-state index contributed by atoms with van der Waals surface area (Å²) < 4.78 is 68.5. The van der Waals surface area contributed by atoms with E-state index < -0.39 is 97.5 Å². The molecule has 0 amide bonds. The summed E-state index contributed by atoms with van der Waals surface area (Å²) in [5.41, 5.74) is 0.